The Kier molecular flexibility index (Phi) is 4.52. The fourth-order valence-electron chi connectivity index (χ4n) is 1.83. The zero-order valence-electron chi connectivity index (χ0n) is 10.9. The summed E-state index contributed by atoms with van der Waals surface area (Å²) in [6, 6.07) is 0. The first-order valence-corrected chi connectivity index (χ1v) is 6.97. The van der Waals surface area contributed by atoms with Crippen LogP contribution in [-0.2, 0) is 0 Å². The number of hydrogen-bond acceptors (Lipinski definition) is 5. The van der Waals surface area contributed by atoms with Gasteiger partial charge in [0.05, 0.1) is 4.92 Å². The molecular formula is C12H17ClN4O2. The van der Waals surface area contributed by atoms with Gasteiger partial charge in [0, 0.05) is 12.5 Å². The highest BCUT2D eigenvalue weighted by molar-refractivity contribution is 6.31. The SMILES string of the molecule is CCCCCNc1nc(C2CC2)nc(Cl)c1[N+](=O)[O-]. The summed E-state index contributed by atoms with van der Waals surface area (Å²) in [5, 5.41) is 14.0. The van der Waals surface area contributed by atoms with Crippen molar-refractivity contribution >= 4 is 23.1 Å². The highest BCUT2D eigenvalue weighted by atomic mass is 35.5. The van der Waals surface area contributed by atoms with Crippen LogP contribution in [0.1, 0.15) is 50.8 Å². The summed E-state index contributed by atoms with van der Waals surface area (Å²) in [7, 11) is 0. The zero-order chi connectivity index (χ0) is 13.8. The summed E-state index contributed by atoms with van der Waals surface area (Å²) in [6.45, 7) is 2.77. The van der Waals surface area contributed by atoms with Gasteiger partial charge >= 0.3 is 5.69 Å². The van der Waals surface area contributed by atoms with Crippen LogP contribution in [0.15, 0.2) is 0 Å². The fraction of sp³-hybridized carbons (Fsp3) is 0.667. The Morgan fingerprint density at radius 1 is 1.42 bits per heavy atom. The van der Waals surface area contributed by atoms with Crippen LogP contribution >= 0.6 is 11.6 Å². The molecule has 1 N–H and O–H groups in total. The first kappa shape index (κ1) is 14.0. The second kappa shape index (κ2) is 6.14. The maximum atomic E-state index is 11.0. The number of hydrogen-bond donors (Lipinski definition) is 1. The van der Waals surface area contributed by atoms with Crippen LogP contribution in [0.4, 0.5) is 11.5 Å². The molecule has 1 aliphatic rings. The normalized spacial score (nSPS) is 14.4. The van der Waals surface area contributed by atoms with Gasteiger partial charge in [-0.25, -0.2) is 9.97 Å². The van der Waals surface area contributed by atoms with Gasteiger partial charge in [0.1, 0.15) is 5.82 Å². The average Bonchev–Trinajstić information content (AvgIpc) is 3.17. The summed E-state index contributed by atoms with van der Waals surface area (Å²) in [6.07, 6.45) is 5.19. The quantitative estimate of drug-likeness (QED) is 0.358. The van der Waals surface area contributed by atoms with Crippen LogP contribution in [0.5, 0.6) is 0 Å². The number of unbranched alkanes of at least 4 members (excludes halogenated alkanes) is 2. The Hall–Kier alpha value is -1.43. The molecule has 7 heteroatoms. The van der Waals surface area contributed by atoms with Crippen LogP contribution in [0.25, 0.3) is 0 Å². The lowest BCUT2D eigenvalue weighted by Crippen LogP contribution is -2.09. The zero-order valence-corrected chi connectivity index (χ0v) is 11.6. The van der Waals surface area contributed by atoms with Crippen molar-refractivity contribution in [3.8, 4) is 0 Å². The molecule has 19 heavy (non-hydrogen) atoms. The van der Waals surface area contributed by atoms with E-state index >= 15 is 0 Å². The monoisotopic (exact) mass is 284 g/mol. The molecule has 0 bridgehead atoms. The van der Waals surface area contributed by atoms with Crippen molar-refractivity contribution in [3.05, 3.63) is 21.1 Å². The number of nitrogens with zero attached hydrogens (tertiary/aromatic N) is 3. The minimum absolute atomic E-state index is 0.0695. The highest BCUT2D eigenvalue weighted by Crippen LogP contribution is 2.41. The Bertz CT molecular complexity index is 477. The van der Waals surface area contributed by atoms with Gasteiger partial charge < -0.3 is 5.32 Å². The van der Waals surface area contributed by atoms with Crippen LogP contribution < -0.4 is 5.32 Å². The smallest absolute Gasteiger partial charge is 0.348 e. The number of anilines is 1. The summed E-state index contributed by atoms with van der Waals surface area (Å²) < 4.78 is 0. The Morgan fingerprint density at radius 3 is 2.74 bits per heavy atom. The van der Waals surface area contributed by atoms with E-state index in [1.807, 2.05) is 0 Å². The molecule has 0 aromatic carbocycles. The van der Waals surface area contributed by atoms with Gasteiger partial charge in [-0.15, -0.1) is 0 Å². The first-order valence-electron chi connectivity index (χ1n) is 6.59. The van der Waals surface area contributed by atoms with Crippen LogP contribution in [0, 0.1) is 10.1 Å². The first-order chi connectivity index (χ1) is 9.13. The van der Waals surface area contributed by atoms with Gasteiger partial charge in [-0.05, 0) is 19.3 Å². The van der Waals surface area contributed by atoms with Crippen molar-refractivity contribution in [1.82, 2.24) is 9.97 Å². The van der Waals surface area contributed by atoms with Crippen molar-refractivity contribution in [2.24, 2.45) is 0 Å². The molecule has 1 saturated carbocycles. The molecule has 1 aliphatic carbocycles. The van der Waals surface area contributed by atoms with Crippen LogP contribution in [0.3, 0.4) is 0 Å². The molecule has 2 rings (SSSR count). The van der Waals surface area contributed by atoms with E-state index in [4.69, 9.17) is 11.6 Å². The predicted octanol–water partition coefficient (Wildman–Crippen LogP) is 3.52. The van der Waals surface area contributed by atoms with Gasteiger partial charge in [0.15, 0.2) is 0 Å². The lowest BCUT2D eigenvalue weighted by Gasteiger charge is -2.08. The minimum atomic E-state index is -0.527. The summed E-state index contributed by atoms with van der Waals surface area (Å²) in [5.41, 5.74) is -0.220. The molecule has 0 aliphatic heterocycles. The van der Waals surface area contributed by atoms with E-state index in [9.17, 15) is 10.1 Å². The van der Waals surface area contributed by atoms with Crippen molar-refractivity contribution in [2.45, 2.75) is 44.9 Å². The highest BCUT2D eigenvalue weighted by Gasteiger charge is 2.31. The molecule has 0 amide bonds. The standard InChI is InChI=1S/C12H17ClN4O2/c1-2-3-4-7-14-12-9(17(18)19)10(13)15-11(16-12)8-5-6-8/h8H,2-7H2,1H3,(H,14,15,16). The van der Waals surface area contributed by atoms with Gasteiger partial charge in [-0.3, -0.25) is 10.1 Å². The molecule has 0 radical (unpaired) electrons. The molecule has 0 unspecified atom stereocenters. The Morgan fingerprint density at radius 2 is 2.16 bits per heavy atom. The third-order valence-electron chi connectivity index (χ3n) is 3.06. The van der Waals surface area contributed by atoms with E-state index in [1.165, 1.54) is 0 Å². The maximum absolute atomic E-state index is 11.0. The van der Waals surface area contributed by atoms with E-state index in [0.29, 0.717) is 18.3 Å². The third kappa shape index (κ3) is 3.53. The van der Waals surface area contributed by atoms with Gasteiger partial charge in [0.25, 0.3) is 0 Å². The van der Waals surface area contributed by atoms with E-state index in [2.05, 4.69) is 22.2 Å². The molecule has 1 heterocycles. The maximum Gasteiger partial charge on any atom is 0.348 e. The van der Waals surface area contributed by atoms with Crippen LogP contribution in [-0.4, -0.2) is 21.4 Å². The number of aromatic nitrogens is 2. The molecule has 1 aromatic rings. The molecule has 0 atom stereocenters. The lowest BCUT2D eigenvalue weighted by atomic mass is 10.2. The number of rotatable bonds is 7. The van der Waals surface area contributed by atoms with Crippen molar-refractivity contribution in [2.75, 3.05) is 11.9 Å². The topological polar surface area (TPSA) is 81.0 Å². The molecule has 0 spiro atoms. The minimum Gasteiger partial charge on any atom is -0.364 e. The van der Waals surface area contributed by atoms with Gasteiger partial charge in [-0.1, -0.05) is 31.4 Å². The van der Waals surface area contributed by atoms with Crippen molar-refractivity contribution in [1.29, 1.82) is 0 Å². The average molecular weight is 285 g/mol. The van der Waals surface area contributed by atoms with E-state index in [1.54, 1.807) is 0 Å². The third-order valence-corrected chi connectivity index (χ3v) is 3.32. The molecule has 1 aromatic heterocycles. The van der Waals surface area contributed by atoms with E-state index < -0.39 is 4.92 Å². The van der Waals surface area contributed by atoms with E-state index in [-0.39, 0.29) is 16.7 Å². The molecule has 6 nitrogen and oxygen atoms in total. The lowest BCUT2D eigenvalue weighted by molar-refractivity contribution is -0.384. The number of nitro groups is 1. The van der Waals surface area contributed by atoms with Crippen molar-refractivity contribution in [3.63, 3.8) is 0 Å². The summed E-state index contributed by atoms with van der Waals surface area (Å²) >= 11 is 5.91. The van der Waals surface area contributed by atoms with Crippen LogP contribution in [0.2, 0.25) is 5.15 Å². The Balaban J connectivity index is 2.18. The van der Waals surface area contributed by atoms with E-state index in [0.717, 1.165) is 32.1 Å². The second-order valence-corrected chi connectivity index (χ2v) is 5.09. The second-order valence-electron chi connectivity index (χ2n) is 4.74. The predicted molar refractivity (Wildman–Crippen MR) is 73.7 cm³/mol. The molecule has 104 valence electrons. The fourth-order valence-corrected chi connectivity index (χ4v) is 2.08. The largest absolute Gasteiger partial charge is 0.364 e. The van der Waals surface area contributed by atoms with Gasteiger partial charge in [-0.2, -0.15) is 0 Å². The van der Waals surface area contributed by atoms with Gasteiger partial charge in [0.2, 0.25) is 11.0 Å². The number of halogens is 1. The Labute approximate surface area is 116 Å². The molecule has 0 saturated heterocycles. The summed E-state index contributed by atoms with van der Waals surface area (Å²) in [5.74, 6) is 1.19. The summed E-state index contributed by atoms with van der Waals surface area (Å²) in [4.78, 5) is 18.8. The van der Waals surface area contributed by atoms with Crippen molar-refractivity contribution < 1.29 is 4.92 Å². The number of nitrogens with one attached hydrogen (secondary N) is 1. The molecular weight excluding hydrogens is 268 g/mol. The molecule has 1 fully saturated rings.